The van der Waals surface area contributed by atoms with Gasteiger partial charge in [0.25, 0.3) is 0 Å². The molecule has 1 rings (SSSR count). The fourth-order valence-corrected chi connectivity index (χ4v) is 4.14. The first-order chi connectivity index (χ1) is 14.1. The van der Waals surface area contributed by atoms with Crippen molar-refractivity contribution in [1.29, 1.82) is 0 Å². The Kier molecular flexibility index (Phi) is 17.0. The molecular formula is C25H48O3Si. The van der Waals surface area contributed by atoms with Crippen LogP contribution in [0, 0.1) is 11.5 Å². The molecule has 0 aliphatic carbocycles. The molecule has 1 atom stereocenters. The van der Waals surface area contributed by atoms with Crippen LogP contribution in [0.1, 0.15) is 96.3 Å². The van der Waals surface area contributed by atoms with Gasteiger partial charge in [0.2, 0.25) is 0 Å². The van der Waals surface area contributed by atoms with Crippen molar-refractivity contribution in [2.75, 3.05) is 26.4 Å². The second-order valence-electron chi connectivity index (χ2n) is 9.47. The van der Waals surface area contributed by atoms with Crippen molar-refractivity contribution in [3.8, 4) is 11.5 Å². The summed E-state index contributed by atoms with van der Waals surface area (Å²) in [5.41, 5.74) is 3.46. The van der Waals surface area contributed by atoms with Crippen molar-refractivity contribution in [3.05, 3.63) is 0 Å². The molecule has 29 heavy (non-hydrogen) atoms. The third-order valence-corrected chi connectivity index (χ3v) is 6.11. The first-order valence-corrected chi connectivity index (χ1v) is 15.9. The van der Waals surface area contributed by atoms with Crippen LogP contribution in [0.25, 0.3) is 0 Å². The Labute approximate surface area is 182 Å². The normalized spacial score (nSPS) is 17.1. The van der Waals surface area contributed by atoms with Crippen LogP contribution < -0.4 is 0 Å². The molecule has 1 aliphatic heterocycles. The van der Waals surface area contributed by atoms with Crippen LogP contribution in [0.15, 0.2) is 0 Å². The molecule has 0 aromatic rings. The van der Waals surface area contributed by atoms with Crippen LogP contribution in [0.3, 0.4) is 0 Å². The number of hydrogen-bond acceptors (Lipinski definition) is 3. The van der Waals surface area contributed by atoms with Crippen molar-refractivity contribution in [2.45, 2.75) is 122 Å². The summed E-state index contributed by atoms with van der Waals surface area (Å²) in [7, 11) is -1.15. The van der Waals surface area contributed by atoms with Crippen molar-refractivity contribution in [1.82, 2.24) is 0 Å². The van der Waals surface area contributed by atoms with Gasteiger partial charge in [-0.1, -0.05) is 71.0 Å². The zero-order chi connectivity index (χ0) is 21.0. The molecule has 0 N–H and O–H groups in total. The Bertz CT molecular complexity index is 416. The Balaban J connectivity index is 1.69. The minimum absolute atomic E-state index is 0.0397. The Morgan fingerprint density at radius 3 is 2.00 bits per heavy atom. The van der Waals surface area contributed by atoms with Crippen LogP contribution in [0.5, 0.6) is 0 Å². The molecule has 0 aromatic carbocycles. The van der Waals surface area contributed by atoms with Crippen LogP contribution >= 0.6 is 0 Å². The maximum atomic E-state index is 5.71. The van der Waals surface area contributed by atoms with E-state index in [1.165, 1.54) is 77.0 Å². The fraction of sp³-hybridized carbons (Fsp3) is 0.920. The molecule has 3 nitrogen and oxygen atoms in total. The van der Waals surface area contributed by atoms with E-state index in [-0.39, 0.29) is 6.29 Å². The Hall–Kier alpha value is -0.343. The molecule has 0 spiro atoms. The van der Waals surface area contributed by atoms with E-state index in [2.05, 4.69) is 31.1 Å². The molecule has 4 heteroatoms. The van der Waals surface area contributed by atoms with Gasteiger partial charge >= 0.3 is 0 Å². The van der Waals surface area contributed by atoms with Crippen LogP contribution in [-0.4, -0.2) is 40.8 Å². The van der Waals surface area contributed by atoms with Crippen molar-refractivity contribution >= 4 is 8.07 Å². The predicted octanol–water partition coefficient (Wildman–Crippen LogP) is 7.11. The summed E-state index contributed by atoms with van der Waals surface area (Å²) in [4.78, 5) is 0. The van der Waals surface area contributed by atoms with E-state index >= 15 is 0 Å². The first-order valence-electron chi connectivity index (χ1n) is 12.4. The van der Waals surface area contributed by atoms with Crippen molar-refractivity contribution in [2.24, 2.45) is 0 Å². The fourth-order valence-electron chi connectivity index (χ4n) is 3.48. The number of hydrogen-bond donors (Lipinski definition) is 0. The Morgan fingerprint density at radius 1 is 0.759 bits per heavy atom. The monoisotopic (exact) mass is 424 g/mol. The summed E-state index contributed by atoms with van der Waals surface area (Å²) in [6, 6.07) is 0. The molecule has 0 aromatic heterocycles. The predicted molar refractivity (Wildman–Crippen MR) is 127 cm³/mol. The van der Waals surface area contributed by atoms with Gasteiger partial charge in [0.05, 0.1) is 6.61 Å². The topological polar surface area (TPSA) is 27.7 Å². The maximum Gasteiger partial charge on any atom is 0.157 e. The molecule has 0 amide bonds. The third kappa shape index (κ3) is 19.4. The smallest absolute Gasteiger partial charge is 0.157 e. The highest BCUT2D eigenvalue weighted by Crippen LogP contribution is 2.14. The second kappa shape index (κ2) is 18.4. The highest BCUT2D eigenvalue weighted by molar-refractivity contribution is 6.83. The van der Waals surface area contributed by atoms with Crippen LogP contribution in [-0.2, 0) is 14.2 Å². The van der Waals surface area contributed by atoms with Crippen molar-refractivity contribution < 1.29 is 14.2 Å². The maximum absolute atomic E-state index is 5.71. The molecule has 1 unspecified atom stereocenters. The highest BCUT2D eigenvalue weighted by atomic mass is 28.3. The molecule has 1 heterocycles. The minimum Gasteiger partial charge on any atom is -0.381 e. The largest absolute Gasteiger partial charge is 0.381 e. The van der Waals surface area contributed by atoms with Crippen LogP contribution in [0.4, 0.5) is 0 Å². The van der Waals surface area contributed by atoms with E-state index in [0.717, 1.165) is 45.7 Å². The standard InChI is InChI=1S/C25H48O3Si/c1-29(2,3)24-17-13-11-9-7-5-4-6-8-10-12-15-20-26-21-18-23-28-25-19-14-16-22-27-25/h25H,4-16,18-23H2,1-3H3. The number of ether oxygens (including phenoxy) is 3. The molecule has 0 saturated carbocycles. The first kappa shape index (κ1) is 26.7. The molecular weight excluding hydrogens is 376 g/mol. The lowest BCUT2D eigenvalue weighted by atomic mass is 10.1. The lowest BCUT2D eigenvalue weighted by molar-refractivity contribution is -0.164. The average molecular weight is 425 g/mol. The second-order valence-corrected chi connectivity index (χ2v) is 14.2. The van der Waals surface area contributed by atoms with E-state index in [1.54, 1.807) is 0 Å². The van der Waals surface area contributed by atoms with Gasteiger partial charge in [-0.05, 0) is 38.5 Å². The summed E-state index contributed by atoms with van der Waals surface area (Å²) >= 11 is 0. The van der Waals surface area contributed by atoms with Crippen LogP contribution in [0.2, 0.25) is 19.6 Å². The van der Waals surface area contributed by atoms with Gasteiger partial charge in [-0.3, -0.25) is 0 Å². The van der Waals surface area contributed by atoms with E-state index in [9.17, 15) is 0 Å². The third-order valence-electron chi connectivity index (χ3n) is 5.18. The summed E-state index contributed by atoms with van der Waals surface area (Å²) < 4.78 is 17.0. The zero-order valence-corrected chi connectivity index (χ0v) is 20.7. The molecule has 1 aliphatic rings. The molecule has 1 saturated heterocycles. The van der Waals surface area contributed by atoms with Gasteiger partial charge in [-0.2, -0.15) is 0 Å². The number of rotatable bonds is 17. The molecule has 1 fully saturated rings. The van der Waals surface area contributed by atoms with E-state index in [1.807, 2.05) is 0 Å². The summed E-state index contributed by atoms with van der Waals surface area (Å²) in [5, 5.41) is 0. The van der Waals surface area contributed by atoms with Gasteiger partial charge in [0, 0.05) is 26.2 Å². The Morgan fingerprint density at radius 2 is 1.38 bits per heavy atom. The summed E-state index contributed by atoms with van der Waals surface area (Å²) in [6.45, 7) is 10.3. The molecule has 0 radical (unpaired) electrons. The van der Waals surface area contributed by atoms with E-state index in [0.29, 0.717) is 0 Å². The lowest BCUT2D eigenvalue weighted by Gasteiger charge is -2.22. The minimum atomic E-state index is -1.15. The van der Waals surface area contributed by atoms with Gasteiger partial charge in [0.15, 0.2) is 6.29 Å². The molecule has 170 valence electrons. The zero-order valence-electron chi connectivity index (χ0n) is 19.7. The summed E-state index contributed by atoms with van der Waals surface area (Å²) in [5.74, 6) is 3.38. The van der Waals surface area contributed by atoms with E-state index < -0.39 is 8.07 Å². The van der Waals surface area contributed by atoms with Crippen molar-refractivity contribution in [3.63, 3.8) is 0 Å². The van der Waals surface area contributed by atoms with E-state index in [4.69, 9.17) is 14.2 Å². The highest BCUT2D eigenvalue weighted by Gasteiger charge is 2.13. The average Bonchev–Trinajstić information content (AvgIpc) is 2.69. The van der Waals surface area contributed by atoms with Gasteiger partial charge in [0.1, 0.15) is 8.07 Å². The SMILES string of the molecule is C[Si](C)(C)C#CCCCCCCCCCCCCOCCCOC1CCCCO1. The molecule has 0 bridgehead atoms. The van der Waals surface area contributed by atoms with Gasteiger partial charge < -0.3 is 14.2 Å². The number of unbranched alkanes of at least 4 members (excludes halogenated alkanes) is 10. The quantitative estimate of drug-likeness (QED) is 0.141. The van der Waals surface area contributed by atoms with Gasteiger partial charge in [-0.25, -0.2) is 0 Å². The summed E-state index contributed by atoms with van der Waals surface area (Å²) in [6.07, 6.45) is 19.1. The lowest BCUT2D eigenvalue weighted by Crippen LogP contribution is -2.23. The van der Waals surface area contributed by atoms with Gasteiger partial charge in [-0.15, -0.1) is 11.5 Å².